The fourth-order valence-electron chi connectivity index (χ4n) is 2.48. The Bertz CT molecular complexity index is 767. The first-order valence-corrected chi connectivity index (χ1v) is 11.8. The molecular formula is C19H25N3O2Si. The Morgan fingerprint density at radius 2 is 2.00 bits per heavy atom. The molecule has 1 aromatic rings. The van der Waals surface area contributed by atoms with Gasteiger partial charge >= 0.3 is 6.09 Å². The number of aromatic nitrogens is 1. The highest BCUT2D eigenvalue weighted by atomic mass is 28.3. The summed E-state index contributed by atoms with van der Waals surface area (Å²) in [4.78, 5) is 18.1. The van der Waals surface area contributed by atoms with E-state index in [4.69, 9.17) is 4.74 Å². The van der Waals surface area contributed by atoms with Crippen molar-refractivity contribution in [2.45, 2.75) is 51.4 Å². The number of rotatable bonds is 1. The van der Waals surface area contributed by atoms with E-state index in [0.717, 1.165) is 5.56 Å². The largest absolute Gasteiger partial charge is 0.444 e. The molecule has 1 aromatic heterocycles. The lowest BCUT2D eigenvalue weighted by Gasteiger charge is -2.45. The van der Waals surface area contributed by atoms with Gasteiger partial charge in [0.2, 0.25) is 0 Å². The number of likely N-dealkylation sites (tertiary alicyclic amines) is 1. The lowest BCUT2D eigenvalue weighted by molar-refractivity contribution is -0.00103. The first kappa shape index (κ1) is 19.0. The van der Waals surface area contributed by atoms with E-state index in [9.17, 15) is 10.1 Å². The lowest BCUT2D eigenvalue weighted by atomic mass is 9.76. The summed E-state index contributed by atoms with van der Waals surface area (Å²) in [5.41, 5.74) is 3.38. The monoisotopic (exact) mass is 355 g/mol. The SMILES string of the molecule is CC(C)(C)OC(=O)N1CC(C#N)(c2ncccc2C#C[Si](C)(C)C)C1. The van der Waals surface area contributed by atoms with Crippen molar-refractivity contribution in [2.75, 3.05) is 13.1 Å². The van der Waals surface area contributed by atoms with E-state index in [1.807, 2.05) is 32.9 Å². The summed E-state index contributed by atoms with van der Waals surface area (Å²) >= 11 is 0. The smallest absolute Gasteiger partial charge is 0.410 e. The summed E-state index contributed by atoms with van der Waals surface area (Å²) in [6.07, 6.45) is 1.27. The Morgan fingerprint density at radius 1 is 1.36 bits per heavy atom. The Kier molecular flexibility index (Phi) is 4.97. The van der Waals surface area contributed by atoms with Crippen molar-refractivity contribution in [1.82, 2.24) is 9.88 Å². The maximum atomic E-state index is 12.2. The van der Waals surface area contributed by atoms with Crippen molar-refractivity contribution in [2.24, 2.45) is 0 Å². The zero-order valence-corrected chi connectivity index (χ0v) is 16.8. The Labute approximate surface area is 151 Å². The van der Waals surface area contributed by atoms with Crippen LogP contribution in [-0.2, 0) is 10.2 Å². The molecule has 6 heteroatoms. The fraction of sp³-hybridized carbons (Fsp3) is 0.526. The highest BCUT2D eigenvalue weighted by Gasteiger charge is 2.50. The number of amides is 1. The molecule has 5 nitrogen and oxygen atoms in total. The molecule has 0 aliphatic carbocycles. The molecule has 0 aromatic carbocycles. The van der Waals surface area contributed by atoms with Gasteiger partial charge in [0.1, 0.15) is 19.1 Å². The van der Waals surface area contributed by atoms with Crippen molar-refractivity contribution in [3.8, 4) is 17.5 Å². The van der Waals surface area contributed by atoms with Gasteiger partial charge < -0.3 is 9.64 Å². The van der Waals surface area contributed by atoms with Gasteiger partial charge in [-0.2, -0.15) is 5.26 Å². The molecule has 2 heterocycles. The van der Waals surface area contributed by atoms with Crippen LogP contribution in [0.3, 0.4) is 0 Å². The molecule has 132 valence electrons. The van der Waals surface area contributed by atoms with Gasteiger partial charge in [0.05, 0.1) is 24.9 Å². The van der Waals surface area contributed by atoms with E-state index in [-0.39, 0.29) is 13.1 Å². The van der Waals surface area contributed by atoms with Crippen molar-refractivity contribution in [1.29, 1.82) is 5.26 Å². The normalized spacial score (nSPS) is 16.1. The van der Waals surface area contributed by atoms with Gasteiger partial charge in [0.25, 0.3) is 0 Å². The van der Waals surface area contributed by atoms with Gasteiger partial charge in [-0.15, -0.1) is 5.54 Å². The van der Waals surface area contributed by atoms with Crippen LogP contribution in [0.2, 0.25) is 19.6 Å². The summed E-state index contributed by atoms with van der Waals surface area (Å²) in [6.45, 7) is 12.5. The molecule has 25 heavy (non-hydrogen) atoms. The van der Waals surface area contributed by atoms with E-state index in [1.54, 1.807) is 11.1 Å². The highest BCUT2D eigenvalue weighted by Crippen LogP contribution is 2.35. The zero-order chi connectivity index (χ0) is 18.9. The number of hydrogen-bond acceptors (Lipinski definition) is 4. The molecule has 0 N–H and O–H groups in total. The molecule has 1 saturated heterocycles. The number of nitriles is 1. The van der Waals surface area contributed by atoms with Gasteiger partial charge in [-0.1, -0.05) is 25.6 Å². The Morgan fingerprint density at radius 3 is 2.52 bits per heavy atom. The Hall–Kier alpha value is -2.31. The summed E-state index contributed by atoms with van der Waals surface area (Å²) in [5, 5.41) is 9.77. The summed E-state index contributed by atoms with van der Waals surface area (Å²) in [5.74, 6) is 3.21. The summed E-state index contributed by atoms with van der Waals surface area (Å²) in [7, 11) is -1.54. The average Bonchev–Trinajstić information content (AvgIpc) is 2.43. The van der Waals surface area contributed by atoms with Crippen molar-refractivity contribution in [3.63, 3.8) is 0 Å². The molecule has 0 spiro atoms. The summed E-state index contributed by atoms with van der Waals surface area (Å²) < 4.78 is 5.37. The minimum absolute atomic E-state index is 0.275. The third-order valence-corrected chi connectivity index (χ3v) is 4.50. The molecule has 1 aliphatic rings. The minimum Gasteiger partial charge on any atom is -0.444 e. The van der Waals surface area contributed by atoms with E-state index in [0.29, 0.717) is 5.69 Å². The second-order valence-corrected chi connectivity index (χ2v) is 13.2. The lowest BCUT2D eigenvalue weighted by Crippen LogP contribution is -2.61. The number of nitrogens with zero attached hydrogens (tertiary/aromatic N) is 3. The van der Waals surface area contributed by atoms with Gasteiger partial charge in [-0.25, -0.2) is 4.79 Å². The van der Waals surface area contributed by atoms with Crippen LogP contribution in [-0.4, -0.2) is 42.7 Å². The molecule has 1 aliphatic heterocycles. The molecule has 0 saturated carbocycles. The average molecular weight is 356 g/mol. The van der Waals surface area contributed by atoms with Gasteiger partial charge in [0.15, 0.2) is 0 Å². The molecule has 1 amide bonds. The fourth-order valence-corrected chi connectivity index (χ4v) is 2.99. The molecule has 0 unspecified atom stereocenters. The predicted octanol–water partition coefficient (Wildman–Crippen LogP) is 3.32. The number of hydrogen-bond donors (Lipinski definition) is 0. The molecule has 0 atom stereocenters. The number of carbonyl (C=O) groups is 1. The van der Waals surface area contributed by atoms with E-state index in [2.05, 4.69) is 42.2 Å². The second kappa shape index (κ2) is 6.53. The van der Waals surface area contributed by atoms with Crippen LogP contribution < -0.4 is 0 Å². The zero-order valence-electron chi connectivity index (χ0n) is 15.8. The molecule has 2 rings (SSSR count). The molecular weight excluding hydrogens is 330 g/mol. The van der Waals surface area contributed by atoms with Crippen molar-refractivity contribution < 1.29 is 9.53 Å². The van der Waals surface area contributed by atoms with Crippen LogP contribution in [0.4, 0.5) is 4.79 Å². The number of ether oxygens (including phenoxy) is 1. The van der Waals surface area contributed by atoms with Crippen molar-refractivity contribution >= 4 is 14.2 Å². The van der Waals surface area contributed by atoms with Crippen LogP contribution in [0, 0.1) is 22.8 Å². The maximum Gasteiger partial charge on any atom is 0.410 e. The first-order valence-electron chi connectivity index (χ1n) is 8.34. The van der Waals surface area contributed by atoms with Crippen LogP contribution >= 0.6 is 0 Å². The van der Waals surface area contributed by atoms with E-state index in [1.165, 1.54) is 0 Å². The first-order chi connectivity index (χ1) is 11.5. The van der Waals surface area contributed by atoms with Crippen LogP contribution in [0.1, 0.15) is 32.0 Å². The van der Waals surface area contributed by atoms with Gasteiger partial charge in [-0.05, 0) is 32.9 Å². The standard InChI is InChI=1S/C19H25N3O2Si/c1-18(2,3)24-17(23)22-13-19(12-20,14-22)16-15(8-7-10-21-16)9-11-25(4,5)6/h7-8,10H,13-14H2,1-6H3. The molecule has 0 radical (unpaired) electrons. The van der Waals surface area contributed by atoms with Crippen LogP contribution in [0.5, 0.6) is 0 Å². The van der Waals surface area contributed by atoms with Crippen LogP contribution in [0.15, 0.2) is 18.3 Å². The quantitative estimate of drug-likeness (QED) is 0.572. The highest BCUT2D eigenvalue weighted by molar-refractivity contribution is 6.83. The second-order valence-electron chi connectivity index (χ2n) is 8.43. The third kappa shape index (κ3) is 4.61. The maximum absolute atomic E-state index is 12.2. The topological polar surface area (TPSA) is 66.2 Å². The van der Waals surface area contributed by atoms with E-state index < -0.39 is 25.2 Å². The Balaban J connectivity index is 2.25. The van der Waals surface area contributed by atoms with Gasteiger partial charge in [0, 0.05) is 11.8 Å². The van der Waals surface area contributed by atoms with Gasteiger partial charge in [-0.3, -0.25) is 4.98 Å². The predicted molar refractivity (Wildman–Crippen MR) is 99.6 cm³/mol. The van der Waals surface area contributed by atoms with Crippen LogP contribution in [0.25, 0.3) is 0 Å². The van der Waals surface area contributed by atoms with E-state index >= 15 is 0 Å². The molecule has 0 bridgehead atoms. The summed E-state index contributed by atoms with van der Waals surface area (Å²) in [6, 6.07) is 6.07. The third-order valence-electron chi connectivity index (χ3n) is 3.62. The number of carbonyl (C=O) groups excluding carboxylic acids is 1. The minimum atomic E-state index is -1.54. The molecule has 1 fully saturated rings. The van der Waals surface area contributed by atoms with Crippen molar-refractivity contribution in [3.05, 3.63) is 29.6 Å². The number of pyridine rings is 1.